The molecule has 0 fully saturated rings. The van der Waals surface area contributed by atoms with Crippen LogP contribution in [0, 0.1) is 10.1 Å². The van der Waals surface area contributed by atoms with Crippen LogP contribution in [0.25, 0.3) is 10.2 Å². The lowest BCUT2D eigenvalue weighted by atomic mass is 10.2. The summed E-state index contributed by atoms with van der Waals surface area (Å²) in [6.07, 6.45) is 1.99. The fourth-order valence-corrected chi connectivity index (χ4v) is 4.03. The number of carbonyl (C=O) groups is 1. The van der Waals surface area contributed by atoms with Gasteiger partial charge in [0.1, 0.15) is 0 Å². The number of anilines is 1. The minimum absolute atomic E-state index is 0.0153. The van der Waals surface area contributed by atoms with Crippen LogP contribution in [-0.4, -0.2) is 54.2 Å². The molecular weight excluding hydrogens is 396 g/mol. The van der Waals surface area contributed by atoms with E-state index in [0.29, 0.717) is 34.0 Å². The molecule has 28 heavy (non-hydrogen) atoms. The zero-order valence-corrected chi connectivity index (χ0v) is 17.4. The Labute approximate surface area is 171 Å². The van der Waals surface area contributed by atoms with Gasteiger partial charge in [0.2, 0.25) is 0 Å². The number of non-ortho nitro benzene ring substituents is 1. The molecule has 146 valence electrons. The number of thioether (sulfide) groups is 1. The van der Waals surface area contributed by atoms with E-state index >= 15 is 0 Å². The van der Waals surface area contributed by atoms with Gasteiger partial charge in [-0.2, -0.15) is 0 Å². The molecule has 1 aromatic heterocycles. The topological polar surface area (TPSA) is 79.6 Å². The highest BCUT2D eigenvalue weighted by Crippen LogP contribution is 2.32. The lowest BCUT2D eigenvalue weighted by Crippen LogP contribution is -2.36. The average Bonchev–Trinajstić information content (AvgIpc) is 3.10. The second kappa shape index (κ2) is 8.68. The first-order valence-electron chi connectivity index (χ1n) is 8.54. The van der Waals surface area contributed by atoms with E-state index in [1.807, 2.05) is 49.5 Å². The monoisotopic (exact) mass is 416 g/mol. The van der Waals surface area contributed by atoms with Crippen molar-refractivity contribution in [1.82, 2.24) is 9.88 Å². The van der Waals surface area contributed by atoms with Crippen molar-refractivity contribution >= 4 is 50.0 Å². The van der Waals surface area contributed by atoms with Crippen molar-refractivity contribution in [3.63, 3.8) is 0 Å². The van der Waals surface area contributed by atoms with Crippen LogP contribution in [0.3, 0.4) is 0 Å². The summed E-state index contributed by atoms with van der Waals surface area (Å²) in [6, 6.07) is 12.0. The first-order valence-corrected chi connectivity index (χ1v) is 10.6. The van der Waals surface area contributed by atoms with E-state index in [1.54, 1.807) is 22.7 Å². The minimum Gasteiger partial charge on any atom is -0.308 e. The van der Waals surface area contributed by atoms with Gasteiger partial charge in [-0.1, -0.05) is 11.3 Å². The van der Waals surface area contributed by atoms with Gasteiger partial charge in [0.15, 0.2) is 5.13 Å². The molecular formula is C19H20N4O3S2. The molecule has 0 atom stereocenters. The van der Waals surface area contributed by atoms with Crippen molar-refractivity contribution in [2.24, 2.45) is 0 Å². The maximum atomic E-state index is 13.2. The van der Waals surface area contributed by atoms with Crippen LogP contribution in [0.15, 0.2) is 47.4 Å². The normalized spacial score (nSPS) is 11.1. The highest BCUT2D eigenvalue weighted by molar-refractivity contribution is 7.98. The van der Waals surface area contributed by atoms with Gasteiger partial charge in [-0.25, -0.2) is 4.98 Å². The van der Waals surface area contributed by atoms with Crippen LogP contribution in [0.4, 0.5) is 10.8 Å². The molecule has 0 aliphatic heterocycles. The van der Waals surface area contributed by atoms with Gasteiger partial charge < -0.3 is 4.90 Å². The van der Waals surface area contributed by atoms with Crippen molar-refractivity contribution in [2.75, 3.05) is 38.3 Å². The number of likely N-dealkylation sites (N-methyl/N-ethyl adjacent to an activating group) is 1. The second-order valence-corrected chi connectivity index (χ2v) is 8.28. The third-order valence-corrected chi connectivity index (χ3v) is 5.94. The molecule has 0 aliphatic carbocycles. The van der Waals surface area contributed by atoms with Crippen LogP contribution < -0.4 is 4.90 Å². The summed E-state index contributed by atoms with van der Waals surface area (Å²) in [5.41, 5.74) is 1.24. The summed E-state index contributed by atoms with van der Waals surface area (Å²) < 4.78 is 0.685. The van der Waals surface area contributed by atoms with Gasteiger partial charge in [0.05, 0.1) is 15.1 Å². The Kier molecular flexibility index (Phi) is 6.28. The highest BCUT2D eigenvalue weighted by atomic mass is 32.2. The second-order valence-electron chi connectivity index (χ2n) is 6.39. The number of benzene rings is 2. The summed E-state index contributed by atoms with van der Waals surface area (Å²) >= 11 is 2.90. The van der Waals surface area contributed by atoms with E-state index in [9.17, 15) is 14.9 Å². The van der Waals surface area contributed by atoms with Gasteiger partial charge >= 0.3 is 0 Å². The van der Waals surface area contributed by atoms with Crippen LogP contribution in [0.5, 0.6) is 0 Å². The van der Waals surface area contributed by atoms with E-state index in [1.165, 1.54) is 23.5 Å². The number of amides is 1. The number of rotatable bonds is 7. The van der Waals surface area contributed by atoms with E-state index in [4.69, 9.17) is 0 Å². The molecule has 7 nitrogen and oxygen atoms in total. The first-order chi connectivity index (χ1) is 13.4. The third kappa shape index (κ3) is 4.49. The van der Waals surface area contributed by atoms with Gasteiger partial charge in [-0.3, -0.25) is 19.8 Å². The van der Waals surface area contributed by atoms with Crippen molar-refractivity contribution in [1.29, 1.82) is 0 Å². The Hall–Kier alpha value is -2.49. The third-order valence-electron chi connectivity index (χ3n) is 4.16. The maximum absolute atomic E-state index is 13.2. The summed E-state index contributed by atoms with van der Waals surface area (Å²) in [6.45, 7) is 1.14. The van der Waals surface area contributed by atoms with E-state index in [-0.39, 0.29) is 11.6 Å². The summed E-state index contributed by atoms with van der Waals surface area (Å²) in [5, 5.41) is 11.6. The van der Waals surface area contributed by atoms with E-state index < -0.39 is 4.92 Å². The molecule has 0 aliphatic rings. The zero-order chi connectivity index (χ0) is 20.3. The molecule has 0 saturated heterocycles. The lowest BCUT2D eigenvalue weighted by molar-refractivity contribution is -0.384. The van der Waals surface area contributed by atoms with Crippen molar-refractivity contribution in [3.05, 3.63) is 58.1 Å². The van der Waals surface area contributed by atoms with Gasteiger partial charge in [0.25, 0.3) is 11.6 Å². The summed E-state index contributed by atoms with van der Waals surface area (Å²) in [5.74, 6) is -0.136. The average molecular weight is 417 g/mol. The number of nitrogens with zero attached hydrogens (tertiary/aromatic N) is 4. The molecule has 0 unspecified atom stereocenters. The Morgan fingerprint density at radius 3 is 2.50 bits per heavy atom. The zero-order valence-electron chi connectivity index (χ0n) is 15.8. The largest absolute Gasteiger partial charge is 0.308 e. The van der Waals surface area contributed by atoms with Gasteiger partial charge in [-0.15, -0.1) is 11.8 Å². The number of fused-ring (bicyclic) bond motifs is 1. The Morgan fingerprint density at radius 2 is 1.89 bits per heavy atom. The predicted octanol–water partition coefficient (Wildman–Crippen LogP) is 4.13. The van der Waals surface area contributed by atoms with Crippen LogP contribution >= 0.6 is 23.1 Å². The van der Waals surface area contributed by atoms with Crippen molar-refractivity contribution in [3.8, 4) is 0 Å². The number of carbonyl (C=O) groups excluding carboxylic acids is 1. The molecule has 0 bridgehead atoms. The molecule has 1 heterocycles. The molecule has 0 saturated carbocycles. The number of hydrogen-bond donors (Lipinski definition) is 0. The fraction of sp³-hybridized carbons (Fsp3) is 0.263. The Bertz CT molecular complexity index is 1000. The lowest BCUT2D eigenvalue weighted by Gasteiger charge is -2.22. The Morgan fingerprint density at radius 1 is 1.18 bits per heavy atom. The van der Waals surface area contributed by atoms with Gasteiger partial charge in [-0.05, 0) is 50.7 Å². The summed E-state index contributed by atoms with van der Waals surface area (Å²) in [4.78, 5) is 33.0. The molecule has 9 heteroatoms. The number of hydrogen-bond acceptors (Lipinski definition) is 7. The summed E-state index contributed by atoms with van der Waals surface area (Å²) in [7, 11) is 3.88. The maximum Gasteiger partial charge on any atom is 0.270 e. The van der Waals surface area contributed by atoms with E-state index in [0.717, 1.165) is 4.90 Å². The molecule has 3 rings (SSSR count). The highest BCUT2D eigenvalue weighted by Gasteiger charge is 2.22. The van der Waals surface area contributed by atoms with Gasteiger partial charge in [0, 0.05) is 35.7 Å². The number of aromatic nitrogens is 1. The van der Waals surface area contributed by atoms with Crippen LogP contribution in [0.1, 0.15) is 10.4 Å². The quantitative estimate of drug-likeness (QED) is 0.327. The number of thiazole rings is 1. The molecule has 3 aromatic rings. The van der Waals surface area contributed by atoms with Crippen molar-refractivity contribution < 1.29 is 9.72 Å². The van der Waals surface area contributed by atoms with Crippen LogP contribution in [0.2, 0.25) is 0 Å². The van der Waals surface area contributed by atoms with Crippen molar-refractivity contribution in [2.45, 2.75) is 4.90 Å². The molecule has 2 aromatic carbocycles. The minimum atomic E-state index is -0.429. The fourth-order valence-electron chi connectivity index (χ4n) is 2.60. The van der Waals surface area contributed by atoms with Crippen LogP contribution in [-0.2, 0) is 0 Å². The predicted molar refractivity (Wildman–Crippen MR) is 115 cm³/mol. The SMILES string of the molecule is CSc1ccc(C(=O)N(CCN(C)C)c2nc3ccc([N+](=O)[O-])cc3s2)cc1. The standard InChI is InChI=1S/C19H20N4O3S2/c1-21(2)10-11-22(18(24)13-4-7-15(27-3)8-5-13)19-20-16-9-6-14(23(25)26)12-17(16)28-19/h4-9,12H,10-11H2,1-3H3. The molecule has 1 amide bonds. The number of nitro groups is 1. The Balaban J connectivity index is 1.97. The van der Waals surface area contributed by atoms with E-state index in [2.05, 4.69) is 4.98 Å². The molecule has 0 N–H and O–H groups in total. The first kappa shape index (κ1) is 20.2. The molecule has 0 spiro atoms. The smallest absolute Gasteiger partial charge is 0.270 e. The number of nitro benzene ring substituents is 1. The molecule has 0 radical (unpaired) electrons.